The molecule has 0 fully saturated rings. The minimum absolute atomic E-state index is 1.08. The van der Waals surface area contributed by atoms with Crippen LogP contribution in [0.2, 0.25) is 0 Å². The van der Waals surface area contributed by atoms with Crippen molar-refractivity contribution < 1.29 is 0 Å². The van der Waals surface area contributed by atoms with E-state index in [1.54, 1.807) is 0 Å². The van der Waals surface area contributed by atoms with Crippen molar-refractivity contribution in [1.29, 1.82) is 0 Å². The Balaban J connectivity index is 1.44. The number of halogens is 1. The second-order valence-corrected chi connectivity index (χ2v) is 10.9. The van der Waals surface area contributed by atoms with Crippen LogP contribution in [0.4, 0.5) is 0 Å². The fraction of sp³-hybridized carbons (Fsp3) is 0. The van der Waals surface area contributed by atoms with Gasteiger partial charge in [0, 0.05) is 37.4 Å². The smallest absolute Gasteiger partial charge is 0.0561 e. The number of hydrogen-bond acceptors (Lipinski definition) is 0. The molecule has 2 nitrogen and oxygen atoms in total. The maximum atomic E-state index is 3.71. The average molecular weight is 563 g/mol. The molecule has 8 aromatic rings. The topological polar surface area (TPSA) is 9.86 Å². The number of nitrogens with zero attached hydrogens (tertiary/aromatic N) is 2. The van der Waals surface area contributed by atoms with Crippen LogP contribution in [0.5, 0.6) is 0 Å². The Hall–Kier alpha value is -4.60. The molecule has 0 spiro atoms. The number of aromatic nitrogens is 2. The van der Waals surface area contributed by atoms with Crippen LogP contribution >= 0.6 is 15.9 Å². The zero-order valence-electron chi connectivity index (χ0n) is 21.1. The predicted octanol–water partition coefficient (Wildman–Crippen LogP) is 10.3. The standard InChI is InChI=1S/C36H23BrN2/c37-26-17-19-31-29-13-4-7-16-34(29)39(35(31)22-26)28-18-20-32-30-14-5-6-15-33(30)38(36(32)23-28)27-12-8-11-25(21-27)24-9-2-1-3-10-24/h1-23H. The van der Waals surface area contributed by atoms with Gasteiger partial charge in [0.1, 0.15) is 0 Å². The molecule has 0 bridgehead atoms. The molecule has 3 heteroatoms. The summed E-state index contributed by atoms with van der Waals surface area (Å²) >= 11 is 3.71. The van der Waals surface area contributed by atoms with E-state index in [4.69, 9.17) is 0 Å². The van der Waals surface area contributed by atoms with Gasteiger partial charge in [0.25, 0.3) is 0 Å². The number of fused-ring (bicyclic) bond motifs is 6. The Bertz CT molecular complexity index is 2180. The molecule has 0 saturated carbocycles. The molecule has 0 saturated heterocycles. The maximum absolute atomic E-state index is 3.71. The zero-order valence-corrected chi connectivity index (χ0v) is 22.6. The first kappa shape index (κ1) is 22.4. The van der Waals surface area contributed by atoms with Gasteiger partial charge in [-0.3, -0.25) is 0 Å². The Morgan fingerprint density at radius 2 is 0.897 bits per heavy atom. The molecule has 0 aliphatic carbocycles. The summed E-state index contributed by atoms with van der Waals surface area (Å²) in [7, 11) is 0. The van der Waals surface area contributed by atoms with Gasteiger partial charge in [0.2, 0.25) is 0 Å². The van der Waals surface area contributed by atoms with Crippen molar-refractivity contribution in [3.63, 3.8) is 0 Å². The molecule has 0 radical (unpaired) electrons. The summed E-state index contributed by atoms with van der Waals surface area (Å²) in [6.45, 7) is 0. The third-order valence-electron chi connectivity index (χ3n) is 7.76. The summed E-state index contributed by atoms with van der Waals surface area (Å²) < 4.78 is 5.87. The molecular weight excluding hydrogens is 540 g/mol. The van der Waals surface area contributed by atoms with Crippen LogP contribution in [-0.4, -0.2) is 9.13 Å². The van der Waals surface area contributed by atoms with Crippen LogP contribution in [0.25, 0.3) is 66.1 Å². The highest BCUT2D eigenvalue weighted by Crippen LogP contribution is 2.37. The lowest BCUT2D eigenvalue weighted by molar-refractivity contribution is 1.15. The van der Waals surface area contributed by atoms with Crippen LogP contribution in [0, 0.1) is 0 Å². The number of benzene rings is 6. The van der Waals surface area contributed by atoms with Crippen molar-refractivity contribution in [1.82, 2.24) is 9.13 Å². The molecule has 0 N–H and O–H groups in total. The Labute approximate surface area is 234 Å². The van der Waals surface area contributed by atoms with Crippen LogP contribution in [0.3, 0.4) is 0 Å². The molecule has 0 unspecified atom stereocenters. The van der Waals surface area contributed by atoms with Crippen molar-refractivity contribution in [2.75, 3.05) is 0 Å². The highest BCUT2D eigenvalue weighted by molar-refractivity contribution is 9.10. The average Bonchev–Trinajstić information content (AvgIpc) is 3.49. The summed E-state index contributed by atoms with van der Waals surface area (Å²) in [6.07, 6.45) is 0. The van der Waals surface area contributed by atoms with E-state index in [9.17, 15) is 0 Å². The highest BCUT2D eigenvalue weighted by atomic mass is 79.9. The molecular formula is C36H23BrN2. The van der Waals surface area contributed by atoms with Crippen molar-refractivity contribution in [3.8, 4) is 22.5 Å². The van der Waals surface area contributed by atoms with Crippen LogP contribution in [0.15, 0.2) is 144 Å². The van der Waals surface area contributed by atoms with Gasteiger partial charge >= 0.3 is 0 Å². The van der Waals surface area contributed by atoms with Crippen molar-refractivity contribution >= 4 is 59.5 Å². The van der Waals surface area contributed by atoms with Gasteiger partial charge in [-0.15, -0.1) is 0 Å². The summed E-state index contributed by atoms with van der Waals surface area (Å²) in [6, 6.07) is 50.3. The third kappa shape index (κ3) is 3.47. The second-order valence-electron chi connectivity index (χ2n) is 9.98. The molecule has 2 aromatic heterocycles. The number of hydrogen-bond donors (Lipinski definition) is 0. The van der Waals surface area contributed by atoms with E-state index in [1.807, 2.05) is 0 Å². The Kier molecular flexibility index (Phi) is 5.01. The predicted molar refractivity (Wildman–Crippen MR) is 168 cm³/mol. The lowest BCUT2D eigenvalue weighted by atomic mass is 10.1. The molecule has 184 valence electrons. The maximum Gasteiger partial charge on any atom is 0.0561 e. The fourth-order valence-corrected chi connectivity index (χ4v) is 6.40. The van der Waals surface area contributed by atoms with Gasteiger partial charge in [-0.1, -0.05) is 107 Å². The fourth-order valence-electron chi connectivity index (χ4n) is 6.05. The summed E-state index contributed by atoms with van der Waals surface area (Å²) in [4.78, 5) is 0. The first-order valence-corrected chi connectivity index (χ1v) is 13.9. The van der Waals surface area contributed by atoms with E-state index in [1.165, 1.54) is 54.7 Å². The third-order valence-corrected chi connectivity index (χ3v) is 8.26. The van der Waals surface area contributed by atoms with Gasteiger partial charge in [0.05, 0.1) is 22.1 Å². The number of para-hydroxylation sites is 2. The lowest BCUT2D eigenvalue weighted by Gasteiger charge is -2.12. The van der Waals surface area contributed by atoms with E-state index in [2.05, 4.69) is 165 Å². The van der Waals surface area contributed by atoms with Crippen molar-refractivity contribution in [2.45, 2.75) is 0 Å². The van der Waals surface area contributed by atoms with Gasteiger partial charge in [0.15, 0.2) is 0 Å². The lowest BCUT2D eigenvalue weighted by Crippen LogP contribution is -1.97. The Morgan fingerprint density at radius 3 is 1.62 bits per heavy atom. The molecule has 6 aromatic carbocycles. The van der Waals surface area contributed by atoms with E-state index in [-0.39, 0.29) is 0 Å². The first-order chi connectivity index (χ1) is 19.3. The molecule has 0 aliphatic rings. The van der Waals surface area contributed by atoms with Crippen molar-refractivity contribution in [3.05, 3.63) is 144 Å². The van der Waals surface area contributed by atoms with Crippen LogP contribution < -0.4 is 0 Å². The summed E-state index contributed by atoms with van der Waals surface area (Å²) in [5, 5.41) is 5.02. The largest absolute Gasteiger partial charge is 0.309 e. The van der Waals surface area contributed by atoms with Crippen LogP contribution in [-0.2, 0) is 0 Å². The summed E-state index contributed by atoms with van der Waals surface area (Å²) in [5.74, 6) is 0. The van der Waals surface area contributed by atoms with E-state index >= 15 is 0 Å². The number of rotatable bonds is 3. The minimum Gasteiger partial charge on any atom is -0.309 e. The van der Waals surface area contributed by atoms with Gasteiger partial charge < -0.3 is 9.13 Å². The van der Waals surface area contributed by atoms with Gasteiger partial charge in [-0.2, -0.15) is 0 Å². The molecule has 0 atom stereocenters. The van der Waals surface area contributed by atoms with Crippen molar-refractivity contribution in [2.24, 2.45) is 0 Å². The normalized spacial score (nSPS) is 11.7. The first-order valence-electron chi connectivity index (χ1n) is 13.1. The Morgan fingerprint density at radius 1 is 0.359 bits per heavy atom. The van der Waals surface area contributed by atoms with Crippen LogP contribution in [0.1, 0.15) is 0 Å². The molecule has 0 aliphatic heterocycles. The quantitative estimate of drug-likeness (QED) is 0.202. The molecule has 39 heavy (non-hydrogen) atoms. The SMILES string of the molecule is Brc1ccc2c3ccccc3n(-c3ccc4c5ccccc5n(-c5cccc(-c6ccccc6)c5)c4c3)c2c1. The van der Waals surface area contributed by atoms with Gasteiger partial charge in [-0.25, -0.2) is 0 Å². The second kappa shape index (κ2) is 8.72. The van der Waals surface area contributed by atoms with E-state index < -0.39 is 0 Å². The molecule has 8 rings (SSSR count). The monoisotopic (exact) mass is 562 g/mol. The van der Waals surface area contributed by atoms with E-state index in [0.717, 1.165) is 15.8 Å². The molecule has 2 heterocycles. The minimum atomic E-state index is 1.08. The van der Waals surface area contributed by atoms with Gasteiger partial charge in [-0.05, 0) is 59.7 Å². The molecule has 0 amide bonds. The highest BCUT2D eigenvalue weighted by Gasteiger charge is 2.16. The van der Waals surface area contributed by atoms with E-state index in [0.29, 0.717) is 0 Å². The zero-order chi connectivity index (χ0) is 25.9. The summed E-state index contributed by atoms with van der Waals surface area (Å²) in [5.41, 5.74) is 9.54.